The molecule has 152 valence electrons. The zero-order valence-electron chi connectivity index (χ0n) is 16.7. The van der Waals surface area contributed by atoms with Gasteiger partial charge in [-0.2, -0.15) is 0 Å². The molecule has 1 aromatic carbocycles. The number of amides is 2. The number of carbonyl (C=O) groups excluding carboxylic acids is 2. The number of fused-ring (bicyclic) bond motifs is 1. The first-order chi connectivity index (χ1) is 13.8. The van der Waals surface area contributed by atoms with E-state index in [1.165, 1.54) is 11.3 Å². The molecule has 0 fully saturated rings. The Labute approximate surface area is 173 Å². The zero-order valence-corrected chi connectivity index (χ0v) is 17.5. The molecule has 2 aromatic heterocycles. The summed E-state index contributed by atoms with van der Waals surface area (Å²) in [6.07, 6.45) is 2.14. The molecule has 0 unspecified atom stereocenters. The van der Waals surface area contributed by atoms with Crippen LogP contribution in [-0.4, -0.2) is 35.8 Å². The van der Waals surface area contributed by atoms with Gasteiger partial charge in [-0.25, -0.2) is 4.98 Å². The van der Waals surface area contributed by atoms with E-state index >= 15 is 0 Å². The predicted molar refractivity (Wildman–Crippen MR) is 115 cm³/mol. The van der Waals surface area contributed by atoms with E-state index < -0.39 is 5.91 Å². The standard InChI is InChI=1S/C21H24N4O3S/c1-12-11-15(17-18(22)19(20(23)27)29-21(17)24-12)28-14-9-7-13(8-10-14)5-4-6-16(26)25(2)3/h7-11H,4-6,22H2,1-3H3,(H2,23,27). The number of carbonyl (C=O) groups is 2. The second-order valence-corrected chi connectivity index (χ2v) is 8.04. The normalized spacial score (nSPS) is 10.9. The fraction of sp³-hybridized carbons (Fsp3) is 0.286. The molecule has 0 saturated carbocycles. The number of primary amides is 1. The van der Waals surface area contributed by atoms with Crippen molar-refractivity contribution in [1.82, 2.24) is 9.88 Å². The quantitative estimate of drug-likeness (QED) is 0.617. The molecule has 0 aliphatic heterocycles. The Morgan fingerprint density at radius 3 is 2.52 bits per heavy atom. The number of pyridine rings is 1. The largest absolute Gasteiger partial charge is 0.456 e. The van der Waals surface area contributed by atoms with E-state index in [2.05, 4.69) is 4.98 Å². The first kappa shape index (κ1) is 20.6. The number of thiophene rings is 1. The van der Waals surface area contributed by atoms with Crippen LogP contribution >= 0.6 is 11.3 Å². The van der Waals surface area contributed by atoms with Gasteiger partial charge < -0.3 is 21.1 Å². The summed E-state index contributed by atoms with van der Waals surface area (Å²) in [6, 6.07) is 9.50. The van der Waals surface area contributed by atoms with Crippen molar-refractivity contribution >= 4 is 39.1 Å². The number of aromatic nitrogens is 1. The van der Waals surface area contributed by atoms with Crippen molar-refractivity contribution in [2.24, 2.45) is 5.73 Å². The third kappa shape index (κ3) is 4.65. The van der Waals surface area contributed by atoms with Crippen LogP contribution in [0.3, 0.4) is 0 Å². The monoisotopic (exact) mass is 412 g/mol. The van der Waals surface area contributed by atoms with Gasteiger partial charge in [0.1, 0.15) is 21.2 Å². The SMILES string of the molecule is Cc1cc(Oc2ccc(CCCC(=O)N(C)C)cc2)c2c(N)c(C(N)=O)sc2n1. The molecule has 0 spiro atoms. The van der Waals surface area contributed by atoms with Gasteiger partial charge in [-0.05, 0) is 37.5 Å². The Hall–Kier alpha value is -3.13. The molecular formula is C21H24N4O3S. The average Bonchev–Trinajstić information content (AvgIpc) is 2.99. The van der Waals surface area contributed by atoms with E-state index in [9.17, 15) is 9.59 Å². The summed E-state index contributed by atoms with van der Waals surface area (Å²) in [4.78, 5) is 30.2. The number of benzene rings is 1. The molecule has 0 aliphatic carbocycles. The number of hydrogen-bond donors (Lipinski definition) is 2. The summed E-state index contributed by atoms with van der Waals surface area (Å²) in [7, 11) is 3.53. The number of nitrogens with two attached hydrogens (primary N) is 2. The molecule has 2 amide bonds. The molecule has 7 nitrogen and oxygen atoms in total. The van der Waals surface area contributed by atoms with E-state index in [0.29, 0.717) is 33.8 Å². The molecular weight excluding hydrogens is 388 g/mol. The van der Waals surface area contributed by atoms with Gasteiger partial charge >= 0.3 is 0 Å². The maximum Gasteiger partial charge on any atom is 0.260 e. The van der Waals surface area contributed by atoms with E-state index in [0.717, 1.165) is 24.1 Å². The highest BCUT2D eigenvalue weighted by molar-refractivity contribution is 7.21. The molecule has 8 heteroatoms. The molecule has 4 N–H and O–H groups in total. The maximum atomic E-state index is 11.7. The molecule has 0 aliphatic rings. The number of rotatable bonds is 7. The lowest BCUT2D eigenvalue weighted by Crippen LogP contribution is -2.21. The van der Waals surface area contributed by atoms with Crippen molar-refractivity contribution in [3.63, 3.8) is 0 Å². The van der Waals surface area contributed by atoms with Crippen molar-refractivity contribution in [3.05, 3.63) is 46.5 Å². The van der Waals surface area contributed by atoms with Crippen molar-refractivity contribution < 1.29 is 14.3 Å². The summed E-state index contributed by atoms with van der Waals surface area (Å²) in [5.41, 5.74) is 13.7. The topological polar surface area (TPSA) is 112 Å². The smallest absolute Gasteiger partial charge is 0.260 e. The highest BCUT2D eigenvalue weighted by Crippen LogP contribution is 2.40. The minimum Gasteiger partial charge on any atom is -0.456 e. The average molecular weight is 413 g/mol. The Morgan fingerprint density at radius 2 is 1.90 bits per heavy atom. The van der Waals surface area contributed by atoms with Crippen LogP contribution in [0.15, 0.2) is 30.3 Å². The number of hydrogen-bond acceptors (Lipinski definition) is 6. The lowest BCUT2D eigenvalue weighted by atomic mass is 10.1. The van der Waals surface area contributed by atoms with Crippen LogP contribution in [0, 0.1) is 6.92 Å². The van der Waals surface area contributed by atoms with Gasteiger partial charge in [-0.1, -0.05) is 12.1 Å². The lowest BCUT2D eigenvalue weighted by molar-refractivity contribution is -0.128. The second kappa shape index (κ2) is 8.48. The summed E-state index contributed by atoms with van der Waals surface area (Å²) in [6.45, 7) is 1.85. The Kier molecular flexibility index (Phi) is 6.03. The highest BCUT2D eigenvalue weighted by atomic mass is 32.1. The van der Waals surface area contributed by atoms with E-state index in [-0.39, 0.29) is 10.8 Å². The molecule has 29 heavy (non-hydrogen) atoms. The van der Waals surface area contributed by atoms with Crippen molar-refractivity contribution in [1.29, 1.82) is 0 Å². The fourth-order valence-electron chi connectivity index (χ4n) is 2.98. The van der Waals surface area contributed by atoms with E-state index in [1.54, 1.807) is 25.1 Å². The third-order valence-electron chi connectivity index (χ3n) is 4.52. The van der Waals surface area contributed by atoms with E-state index in [4.69, 9.17) is 16.2 Å². The third-order valence-corrected chi connectivity index (χ3v) is 5.63. The van der Waals surface area contributed by atoms with E-state index in [1.807, 2.05) is 31.2 Å². The molecule has 0 atom stereocenters. The summed E-state index contributed by atoms with van der Waals surface area (Å²) in [5.74, 6) is 0.742. The van der Waals surface area contributed by atoms with Gasteiger partial charge in [0.05, 0.1) is 11.1 Å². The number of aryl methyl sites for hydroxylation is 2. The predicted octanol–water partition coefficient (Wildman–Crippen LogP) is 3.49. The molecule has 3 aromatic rings. The molecule has 3 rings (SSSR count). The zero-order chi connectivity index (χ0) is 21.1. The Balaban J connectivity index is 1.77. The number of nitrogens with zero attached hydrogens (tertiary/aromatic N) is 2. The van der Waals surface area contributed by atoms with Crippen LogP contribution in [-0.2, 0) is 11.2 Å². The van der Waals surface area contributed by atoms with Crippen LogP contribution in [0.4, 0.5) is 5.69 Å². The fourth-order valence-corrected chi connectivity index (χ4v) is 3.99. The van der Waals surface area contributed by atoms with Crippen molar-refractivity contribution in [3.8, 4) is 11.5 Å². The Bertz CT molecular complexity index is 1060. The summed E-state index contributed by atoms with van der Waals surface area (Å²) >= 11 is 1.17. The van der Waals surface area contributed by atoms with Crippen LogP contribution in [0.2, 0.25) is 0 Å². The highest BCUT2D eigenvalue weighted by Gasteiger charge is 2.19. The van der Waals surface area contributed by atoms with Crippen LogP contribution in [0.1, 0.15) is 33.8 Å². The first-order valence-corrected chi connectivity index (χ1v) is 10.0. The second-order valence-electron chi connectivity index (χ2n) is 7.04. The molecule has 0 bridgehead atoms. The van der Waals surface area contributed by atoms with Crippen molar-refractivity contribution in [2.75, 3.05) is 19.8 Å². The van der Waals surface area contributed by atoms with Gasteiger partial charge in [0.2, 0.25) is 5.91 Å². The lowest BCUT2D eigenvalue weighted by Gasteiger charge is -2.11. The van der Waals surface area contributed by atoms with Crippen LogP contribution < -0.4 is 16.2 Å². The minimum atomic E-state index is -0.578. The maximum absolute atomic E-state index is 11.7. The van der Waals surface area contributed by atoms with Crippen molar-refractivity contribution in [2.45, 2.75) is 26.2 Å². The molecule has 0 saturated heterocycles. The van der Waals surface area contributed by atoms with Gasteiger partial charge in [-0.3, -0.25) is 9.59 Å². The number of nitrogen functional groups attached to an aromatic ring is 1. The van der Waals surface area contributed by atoms with Crippen LogP contribution in [0.25, 0.3) is 10.2 Å². The van der Waals surface area contributed by atoms with Gasteiger partial charge in [-0.15, -0.1) is 11.3 Å². The molecule has 0 radical (unpaired) electrons. The Morgan fingerprint density at radius 1 is 1.21 bits per heavy atom. The van der Waals surface area contributed by atoms with Gasteiger partial charge in [0.25, 0.3) is 5.91 Å². The minimum absolute atomic E-state index is 0.130. The number of ether oxygens (including phenoxy) is 1. The van der Waals surface area contributed by atoms with Gasteiger partial charge in [0, 0.05) is 32.3 Å². The first-order valence-electron chi connectivity index (χ1n) is 9.22. The summed E-state index contributed by atoms with van der Waals surface area (Å²) < 4.78 is 6.05. The van der Waals surface area contributed by atoms with Crippen LogP contribution in [0.5, 0.6) is 11.5 Å². The number of anilines is 1. The summed E-state index contributed by atoms with van der Waals surface area (Å²) in [5, 5.41) is 0.598. The molecule has 2 heterocycles. The van der Waals surface area contributed by atoms with Gasteiger partial charge in [0.15, 0.2) is 0 Å².